The molecule has 0 atom stereocenters. The van der Waals surface area contributed by atoms with Gasteiger partial charge in [-0.3, -0.25) is 4.79 Å². The van der Waals surface area contributed by atoms with Gasteiger partial charge in [0.2, 0.25) is 5.88 Å². The van der Waals surface area contributed by atoms with Gasteiger partial charge in [-0.1, -0.05) is 0 Å². The van der Waals surface area contributed by atoms with Crippen LogP contribution in [0.25, 0.3) is 0 Å². The van der Waals surface area contributed by atoms with E-state index in [2.05, 4.69) is 10.3 Å². The molecule has 22 heavy (non-hydrogen) atoms. The molecule has 122 valence electrons. The molecule has 0 saturated heterocycles. The molecule has 1 aliphatic carbocycles. The number of nitrogens with zero attached hydrogens (tertiary/aromatic N) is 1. The molecule has 0 aromatic carbocycles. The molecule has 0 spiro atoms. The van der Waals surface area contributed by atoms with E-state index in [1.807, 2.05) is 6.92 Å². The predicted molar refractivity (Wildman–Crippen MR) is 83.1 cm³/mol. The van der Waals surface area contributed by atoms with E-state index in [0.717, 1.165) is 25.7 Å². The number of aromatic nitrogens is 1. The number of ether oxygens (including phenoxy) is 3. The summed E-state index contributed by atoms with van der Waals surface area (Å²) >= 11 is 0. The monoisotopic (exact) mass is 308 g/mol. The number of methoxy groups -OCH3 is 1. The number of anilines is 1. The number of hydrogen-bond acceptors (Lipinski definition) is 5. The first-order valence-corrected chi connectivity index (χ1v) is 7.73. The molecule has 0 aliphatic heterocycles. The van der Waals surface area contributed by atoms with Crippen molar-refractivity contribution in [3.05, 3.63) is 18.3 Å². The molecule has 1 N–H and O–H groups in total. The average Bonchev–Trinajstić information content (AvgIpc) is 3.00. The number of rotatable bonds is 8. The number of carbonyl (C=O) groups excluding carboxylic acids is 1. The minimum atomic E-state index is -0.678. The van der Waals surface area contributed by atoms with Crippen molar-refractivity contribution in [3.63, 3.8) is 0 Å². The Labute approximate surface area is 131 Å². The van der Waals surface area contributed by atoms with Crippen LogP contribution in [0.15, 0.2) is 18.3 Å². The summed E-state index contributed by atoms with van der Waals surface area (Å²) in [4.78, 5) is 16.7. The van der Waals surface area contributed by atoms with Crippen LogP contribution in [0.3, 0.4) is 0 Å². The normalized spacial score (nSPS) is 16.5. The standard InChI is InChI=1S/C16H24N2O4/c1-3-22-16(8-4-5-9-16)15(19)18-13-6-7-14(17-12-13)21-11-10-20-2/h6-7,12H,3-5,8-11H2,1-2H3,(H,18,19). The van der Waals surface area contributed by atoms with Crippen LogP contribution in [0.5, 0.6) is 5.88 Å². The highest BCUT2D eigenvalue weighted by Crippen LogP contribution is 2.34. The van der Waals surface area contributed by atoms with Crippen LogP contribution in [-0.4, -0.2) is 43.4 Å². The molecule has 1 aromatic heterocycles. The lowest BCUT2D eigenvalue weighted by Crippen LogP contribution is -2.43. The van der Waals surface area contributed by atoms with Crippen LogP contribution in [0.4, 0.5) is 5.69 Å². The first-order chi connectivity index (χ1) is 10.7. The van der Waals surface area contributed by atoms with E-state index in [4.69, 9.17) is 14.2 Å². The highest BCUT2D eigenvalue weighted by atomic mass is 16.5. The molecule has 0 radical (unpaired) electrons. The molecule has 1 saturated carbocycles. The van der Waals surface area contributed by atoms with Crippen LogP contribution in [0.2, 0.25) is 0 Å². The quantitative estimate of drug-likeness (QED) is 0.747. The van der Waals surface area contributed by atoms with Crippen LogP contribution >= 0.6 is 0 Å². The second-order valence-electron chi connectivity index (χ2n) is 5.31. The van der Waals surface area contributed by atoms with Crippen LogP contribution in [0.1, 0.15) is 32.6 Å². The van der Waals surface area contributed by atoms with Gasteiger partial charge in [-0.2, -0.15) is 0 Å². The molecule has 1 heterocycles. The van der Waals surface area contributed by atoms with E-state index in [0.29, 0.717) is 31.4 Å². The van der Waals surface area contributed by atoms with Gasteiger partial charge in [0.05, 0.1) is 18.5 Å². The molecule has 0 bridgehead atoms. The van der Waals surface area contributed by atoms with Crippen molar-refractivity contribution < 1.29 is 19.0 Å². The lowest BCUT2D eigenvalue weighted by molar-refractivity contribution is -0.140. The molecule has 1 fully saturated rings. The average molecular weight is 308 g/mol. The molecule has 1 aliphatic rings. The van der Waals surface area contributed by atoms with Crippen molar-refractivity contribution in [2.24, 2.45) is 0 Å². The van der Waals surface area contributed by atoms with Crippen molar-refractivity contribution in [3.8, 4) is 5.88 Å². The summed E-state index contributed by atoms with van der Waals surface area (Å²) < 4.78 is 16.0. The van der Waals surface area contributed by atoms with E-state index in [9.17, 15) is 4.79 Å². The summed E-state index contributed by atoms with van der Waals surface area (Å²) in [5.41, 5.74) is -0.0300. The maximum absolute atomic E-state index is 12.5. The molecule has 0 unspecified atom stereocenters. The number of nitrogens with one attached hydrogen (secondary N) is 1. The molecule has 6 heteroatoms. The Morgan fingerprint density at radius 2 is 2.09 bits per heavy atom. The number of pyridine rings is 1. The lowest BCUT2D eigenvalue weighted by Gasteiger charge is -2.27. The zero-order valence-electron chi connectivity index (χ0n) is 13.3. The zero-order chi connectivity index (χ0) is 15.8. The summed E-state index contributed by atoms with van der Waals surface area (Å²) in [6, 6.07) is 3.51. The lowest BCUT2D eigenvalue weighted by atomic mass is 10.0. The second kappa shape index (κ2) is 8.10. The van der Waals surface area contributed by atoms with Gasteiger partial charge in [-0.25, -0.2) is 4.98 Å². The zero-order valence-corrected chi connectivity index (χ0v) is 13.3. The molecular weight excluding hydrogens is 284 g/mol. The van der Waals surface area contributed by atoms with E-state index in [1.165, 1.54) is 0 Å². The van der Waals surface area contributed by atoms with Crippen LogP contribution in [0, 0.1) is 0 Å². The van der Waals surface area contributed by atoms with Gasteiger partial charge >= 0.3 is 0 Å². The van der Waals surface area contributed by atoms with Crippen molar-refractivity contribution >= 4 is 11.6 Å². The van der Waals surface area contributed by atoms with Crippen LogP contribution < -0.4 is 10.1 Å². The second-order valence-corrected chi connectivity index (χ2v) is 5.31. The van der Waals surface area contributed by atoms with E-state index in [1.54, 1.807) is 25.4 Å². The molecule has 1 aromatic rings. The van der Waals surface area contributed by atoms with E-state index < -0.39 is 5.60 Å². The van der Waals surface area contributed by atoms with Gasteiger partial charge in [0.15, 0.2) is 0 Å². The van der Waals surface area contributed by atoms with Gasteiger partial charge < -0.3 is 19.5 Å². The SMILES string of the molecule is CCOC1(C(=O)Nc2ccc(OCCOC)nc2)CCCC1. The summed E-state index contributed by atoms with van der Waals surface area (Å²) in [6.07, 6.45) is 5.20. The van der Waals surface area contributed by atoms with Gasteiger partial charge in [0, 0.05) is 19.8 Å². The minimum absolute atomic E-state index is 0.0818. The smallest absolute Gasteiger partial charge is 0.256 e. The summed E-state index contributed by atoms with van der Waals surface area (Å²) in [5, 5.41) is 2.90. The van der Waals surface area contributed by atoms with Crippen LogP contribution in [-0.2, 0) is 14.3 Å². The largest absolute Gasteiger partial charge is 0.475 e. The maximum Gasteiger partial charge on any atom is 0.256 e. The van der Waals surface area contributed by atoms with Crippen molar-refractivity contribution in [2.45, 2.75) is 38.2 Å². The molecular formula is C16H24N2O4. The Kier molecular flexibility index (Phi) is 6.15. The fourth-order valence-corrected chi connectivity index (χ4v) is 2.67. The summed E-state index contributed by atoms with van der Waals surface area (Å²) in [5.74, 6) is 0.428. The Morgan fingerprint density at radius 1 is 1.32 bits per heavy atom. The van der Waals surface area contributed by atoms with Gasteiger partial charge in [-0.05, 0) is 38.7 Å². The Bertz CT molecular complexity index is 470. The third kappa shape index (κ3) is 4.18. The first kappa shape index (κ1) is 16.7. The van der Waals surface area contributed by atoms with Gasteiger partial charge in [0.25, 0.3) is 5.91 Å². The van der Waals surface area contributed by atoms with Crippen molar-refractivity contribution in [1.29, 1.82) is 0 Å². The Balaban J connectivity index is 1.93. The third-order valence-corrected chi connectivity index (χ3v) is 3.78. The van der Waals surface area contributed by atoms with E-state index in [-0.39, 0.29) is 5.91 Å². The molecule has 1 amide bonds. The molecule has 6 nitrogen and oxygen atoms in total. The molecule has 2 rings (SSSR count). The number of carbonyl (C=O) groups is 1. The summed E-state index contributed by atoms with van der Waals surface area (Å²) in [7, 11) is 1.62. The summed E-state index contributed by atoms with van der Waals surface area (Å²) in [6.45, 7) is 3.42. The fourth-order valence-electron chi connectivity index (χ4n) is 2.67. The number of amides is 1. The Morgan fingerprint density at radius 3 is 2.68 bits per heavy atom. The predicted octanol–water partition coefficient (Wildman–Crippen LogP) is 2.39. The Hall–Kier alpha value is -1.66. The highest BCUT2D eigenvalue weighted by molar-refractivity contribution is 5.97. The first-order valence-electron chi connectivity index (χ1n) is 7.73. The topological polar surface area (TPSA) is 69.7 Å². The van der Waals surface area contributed by atoms with Gasteiger partial charge in [-0.15, -0.1) is 0 Å². The van der Waals surface area contributed by atoms with Crippen molar-refractivity contribution in [1.82, 2.24) is 4.98 Å². The number of hydrogen-bond donors (Lipinski definition) is 1. The third-order valence-electron chi connectivity index (χ3n) is 3.78. The fraction of sp³-hybridized carbons (Fsp3) is 0.625. The minimum Gasteiger partial charge on any atom is -0.475 e. The highest BCUT2D eigenvalue weighted by Gasteiger charge is 2.41. The van der Waals surface area contributed by atoms with Crippen molar-refractivity contribution in [2.75, 3.05) is 32.2 Å². The van der Waals surface area contributed by atoms with Gasteiger partial charge in [0.1, 0.15) is 12.2 Å². The van der Waals surface area contributed by atoms with E-state index >= 15 is 0 Å². The maximum atomic E-state index is 12.5.